The van der Waals surface area contributed by atoms with Gasteiger partial charge in [-0.15, -0.1) is 11.3 Å². The van der Waals surface area contributed by atoms with Gasteiger partial charge in [-0.2, -0.15) is 0 Å². The first-order valence-electron chi connectivity index (χ1n) is 5.08. The van der Waals surface area contributed by atoms with Crippen molar-refractivity contribution in [3.05, 3.63) is 41.2 Å². The van der Waals surface area contributed by atoms with E-state index in [2.05, 4.69) is 4.98 Å². The summed E-state index contributed by atoms with van der Waals surface area (Å²) in [7, 11) is 0. The summed E-state index contributed by atoms with van der Waals surface area (Å²) in [6.45, 7) is 0. The molecule has 0 aliphatic rings. The van der Waals surface area contributed by atoms with Crippen LogP contribution in [0.15, 0.2) is 29.6 Å². The van der Waals surface area contributed by atoms with Crippen LogP contribution in [0.5, 0.6) is 0 Å². The molecule has 3 nitrogen and oxygen atoms in total. The Morgan fingerprint density at radius 2 is 2.18 bits per heavy atom. The van der Waals surface area contributed by atoms with Gasteiger partial charge in [-0.3, -0.25) is 4.79 Å². The highest BCUT2D eigenvalue weighted by Crippen LogP contribution is 2.26. The van der Waals surface area contributed by atoms with E-state index in [0.29, 0.717) is 22.7 Å². The Hall–Kier alpha value is -1.75. The molecule has 5 heteroatoms. The number of carboxylic acids is 1. The van der Waals surface area contributed by atoms with Crippen LogP contribution in [0, 0.1) is 5.82 Å². The molecule has 0 bridgehead atoms. The van der Waals surface area contributed by atoms with Crippen LogP contribution in [0.4, 0.5) is 4.39 Å². The summed E-state index contributed by atoms with van der Waals surface area (Å²) in [5.74, 6) is -1.17. The number of aryl methyl sites for hydroxylation is 1. The normalized spacial score (nSPS) is 10.4. The van der Waals surface area contributed by atoms with Crippen molar-refractivity contribution in [2.75, 3.05) is 0 Å². The average molecular weight is 251 g/mol. The molecule has 1 N–H and O–H groups in total. The van der Waals surface area contributed by atoms with E-state index in [1.165, 1.54) is 17.4 Å². The molecule has 0 aliphatic carbocycles. The fourth-order valence-corrected chi connectivity index (χ4v) is 2.30. The van der Waals surface area contributed by atoms with E-state index in [9.17, 15) is 9.18 Å². The highest BCUT2D eigenvalue weighted by molar-refractivity contribution is 7.13. The van der Waals surface area contributed by atoms with Gasteiger partial charge in [0.1, 0.15) is 10.8 Å². The number of hydrogen-bond donors (Lipinski definition) is 1. The summed E-state index contributed by atoms with van der Waals surface area (Å²) in [4.78, 5) is 14.6. The summed E-state index contributed by atoms with van der Waals surface area (Å²) < 4.78 is 13.5. The molecule has 88 valence electrons. The van der Waals surface area contributed by atoms with Crippen LogP contribution in [0.25, 0.3) is 10.6 Å². The van der Waals surface area contributed by atoms with E-state index >= 15 is 0 Å². The molecule has 0 saturated heterocycles. The van der Waals surface area contributed by atoms with E-state index < -0.39 is 5.97 Å². The lowest BCUT2D eigenvalue weighted by atomic mass is 10.2. The number of hydrogen-bond acceptors (Lipinski definition) is 3. The molecule has 0 saturated carbocycles. The number of halogens is 1. The first kappa shape index (κ1) is 11.7. The summed E-state index contributed by atoms with van der Waals surface area (Å²) >= 11 is 1.32. The lowest BCUT2D eigenvalue weighted by Crippen LogP contribution is -1.97. The van der Waals surface area contributed by atoms with Crippen molar-refractivity contribution in [3.8, 4) is 10.6 Å². The molecule has 0 unspecified atom stereocenters. The minimum Gasteiger partial charge on any atom is -0.481 e. The van der Waals surface area contributed by atoms with Gasteiger partial charge in [0.25, 0.3) is 0 Å². The van der Waals surface area contributed by atoms with Gasteiger partial charge < -0.3 is 5.11 Å². The van der Waals surface area contributed by atoms with Crippen molar-refractivity contribution in [2.45, 2.75) is 12.8 Å². The van der Waals surface area contributed by atoms with E-state index in [0.717, 1.165) is 0 Å². The van der Waals surface area contributed by atoms with Crippen LogP contribution in [-0.2, 0) is 11.2 Å². The second-order valence-electron chi connectivity index (χ2n) is 3.52. The largest absolute Gasteiger partial charge is 0.481 e. The molecule has 0 fully saturated rings. The van der Waals surface area contributed by atoms with Gasteiger partial charge in [0.05, 0.1) is 12.1 Å². The van der Waals surface area contributed by atoms with Crippen LogP contribution in [0.1, 0.15) is 12.1 Å². The molecule has 0 amide bonds. The van der Waals surface area contributed by atoms with Crippen LogP contribution in [0.3, 0.4) is 0 Å². The summed E-state index contributed by atoms with van der Waals surface area (Å²) in [5, 5.41) is 10.9. The topological polar surface area (TPSA) is 50.2 Å². The lowest BCUT2D eigenvalue weighted by molar-refractivity contribution is -0.136. The summed E-state index contributed by atoms with van der Waals surface area (Å²) in [6.07, 6.45) is 0.417. The fourth-order valence-electron chi connectivity index (χ4n) is 1.42. The smallest absolute Gasteiger partial charge is 0.303 e. The Bertz CT molecular complexity index is 539. The van der Waals surface area contributed by atoms with E-state index in [4.69, 9.17) is 5.11 Å². The third kappa shape index (κ3) is 2.88. The number of rotatable bonds is 4. The maximum Gasteiger partial charge on any atom is 0.303 e. The standard InChI is InChI=1S/C12H10FNO2S/c13-10-4-2-1-3-9(10)12-14-8(7-17-12)5-6-11(15)16/h1-4,7H,5-6H2,(H,15,16). The van der Waals surface area contributed by atoms with Gasteiger partial charge in [-0.05, 0) is 12.1 Å². The molecule has 1 heterocycles. The number of carbonyl (C=O) groups is 1. The van der Waals surface area contributed by atoms with Gasteiger partial charge >= 0.3 is 5.97 Å². The number of aliphatic carboxylic acids is 1. The molecular weight excluding hydrogens is 241 g/mol. The minimum absolute atomic E-state index is 0.0421. The monoisotopic (exact) mass is 251 g/mol. The number of nitrogens with zero attached hydrogens (tertiary/aromatic N) is 1. The van der Waals surface area contributed by atoms with Crippen molar-refractivity contribution >= 4 is 17.3 Å². The lowest BCUT2D eigenvalue weighted by Gasteiger charge is -1.97. The third-order valence-electron chi connectivity index (χ3n) is 2.25. The second kappa shape index (κ2) is 5.05. The van der Waals surface area contributed by atoms with Crippen LogP contribution >= 0.6 is 11.3 Å². The van der Waals surface area contributed by atoms with E-state index in [-0.39, 0.29) is 12.2 Å². The SMILES string of the molecule is O=C(O)CCc1csc(-c2ccccc2F)n1. The Labute approximate surface area is 102 Å². The van der Waals surface area contributed by atoms with Crippen molar-refractivity contribution in [1.82, 2.24) is 4.98 Å². The minimum atomic E-state index is -0.856. The number of thiazole rings is 1. The number of aromatic nitrogens is 1. The van der Waals surface area contributed by atoms with Gasteiger partial charge in [0, 0.05) is 17.4 Å². The van der Waals surface area contributed by atoms with Gasteiger partial charge in [-0.1, -0.05) is 12.1 Å². The third-order valence-corrected chi connectivity index (χ3v) is 3.18. The van der Waals surface area contributed by atoms with E-state index in [1.54, 1.807) is 23.6 Å². The van der Waals surface area contributed by atoms with E-state index in [1.807, 2.05) is 0 Å². The second-order valence-corrected chi connectivity index (χ2v) is 4.38. The van der Waals surface area contributed by atoms with Crippen LogP contribution < -0.4 is 0 Å². The highest BCUT2D eigenvalue weighted by Gasteiger charge is 2.09. The van der Waals surface area contributed by atoms with Crippen molar-refractivity contribution < 1.29 is 14.3 Å². The average Bonchev–Trinajstić information content (AvgIpc) is 2.75. The number of benzene rings is 1. The van der Waals surface area contributed by atoms with Crippen molar-refractivity contribution in [1.29, 1.82) is 0 Å². The molecule has 0 spiro atoms. The zero-order valence-corrected chi connectivity index (χ0v) is 9.71. The molecule has 0 atom stereocenters. The fraction of sp³-hybridized carbons (Fsp3) is 0.167. The molecule has 2 rings (SSSR count). The Morgan fingerprint density at radius 1 is 1.41 bits per heavy atom. The molecule has 1 aromatic heterocycles. The first-order valence-corrected chi connectivity index (χ1v) is 5.96. The molecule has 17 heavy (non-hydrogen) atoms. The molecule has 1 aromatic carbocycles. The zero-order chi connectivity index (χ0) is 12.3. The molecule has 0 radical (unpaired) electrons. The van der Waals surface area contributed by atoms with Gasteiger partial charge in [0.15, 0.2) is 0 Å². The predicted octanol–water partition coefficient (Wildman–Crippen LogP) is 2.97. The zero-order valence-electron chi connectivity index (χ0n) is 8.89. The predicted molar refractivity (Wildman–Crippen MR) is 63.5 cm³/mol. The summed E-state index contributed by atoms with van der Waals surface area (Å²) in [5.41, 5.74) is 1.15. The van der Waals surface area contributed by atoms with Crippen molar-refractivity contribution in [2.24, 2.45) is 0 Å². The molecular formula is C12H10FNO2S. The maximum absolute atomic E-state index is 13.5. The Kier molecular flexibility index (Phi) is 3.49. The Morgan fingerprint density at radius 3 is 2.88 bits per heavy atom. The van der Waals surface area contributed by atoms with Gasteiger partial charge in [0.2, 0.25) is 0 Å². The molecule has 2 aromatic rings. The maximum atomic E-state index is 13.5. The van der Waals surface area contributed by atoms with Crippen LogP contribution in [-0.4, -0.2) is 16.1 Å². The summed E-state index contributed by atoms with van der Waals surface area (Å²) in [6, 6.07) is 6.41. The molecule has 0 aliphatic heterocycles. The Balaban J connectivity index is 2.18. The first-order chi connectivity index (χ1) is 8.16. The van der Waals surface area contributed by atoms with Crippen LogP contribution in [0.2, 0.25) is 0 Å². The van der Waals surface area contributed by atoms with Crippen molar-refractivity contribution in [3.63, 3.8) is 0 Å². The highest BCUT2D eigenvalue weighted by atomic mass is 32.1. The van der Waals surface area contributed by atoms with Gasteiger partial charge in [-0.25, -0.2) is 9.37 Å². The quantitative estimate of drug-likeness (QED) is 0.908. The number of carboxylic acid groups (broad SMARTS) is 1.